The molecule has 0 radical (unpaired) electrons. The van der Waals surface area contributed by atoms with Gasteiger partial charge in [-0.2, -0.15) is 0 Å². The van der Waals surface area contributed by atoms with Crippen molar-refractivity contribution in [1.29, 1.82) is 0 Å². The molecule has 86 valence electrons. The molecular weight excluding hydrogens is 198 g/mol. The van der Waals surface area contributed by atoms with Crippen LogP contribution in [0.5, 0.6) is 0 Å². The van der Waals surface area contributed by atoms with Crippen LogP contribution in [-0.2, 0) is 14.3 Å². The van der Waals surface area contributed by atoms with Gasteiger partial charge < -0.3 is 21.1 Å². The number of hydrogen-bond acceptors (Lipinski definition) is 4. The van der Waals surface area contributed by atoms with Crippen LogP contribution in [0.25, 0.3) is 0 Å². The van der Waals surface area contributed by atoms with Crippen LogP contribution in [0, 0.1) is 0 Å². The lowest BCUT2D eigenvalue weighted by Crippen LogP contribution is -2.46. The molecule has 0 aromatic carbocycles. The molecule has 1 rings (SSSR count). The zero-order valence-corrected chi connectivity index (χ0v) is 8.65. The molecule has 1 unspecified atom stereocenters. The van der Waals surface area contributed by atoms with E-state index in [1.807, 2.05) is 0 Å². The molecule has 0 spiro atoms. The smallest absolute Gasteiger partial charge is 0.243 e. The van der Waals surface area contributed by atoms with E-state index in [0.717, 1.165) is 12.8 Å². The number of carbonyl (C=O) groups is 2. The Bertz CT molecular complexity index is 245. The van der Waals surface area contributed by atoms with Gasteiger partial charge in [0.1, 0.15) is 6.61 Å². The molecular formula is C9H17N3O3. The minimum Gasteiger partial charge on any atom is -0.368 e. The van der Waals surface area contributed by atoms with Crippen molar-refractivity contribution in [1.82, 2.24) is 4.90 Å². The zero-order valence-electron chi connectivity index (χ0n) is 8.65. The van der Waals surface area contributed by atoms with Gasteiger partial charge in [0.15, 0.2) is 0 Å². The van der Waals surface area contributed by atoms with Crippen LogP contribution in [0.15, 0.2) is 0 Å². The highest BCUT2D eigenvalue weighted by atomic mass is 16.5. The average molecular weight is 215 g/mol. The van der Waals surface area contributed by atoms with Crippen molar-refractivity contribution in [2.45, 2.75) is 18.9 Å². The van der Waals surface area contributed by atoms with Crippen LogP contribution >= 0.6 is 0 Å². The van der Waals surface area contributed by atoms with Gasteiger partial charge in [-0.25, -0.2) is 0 Å². The summed E-state index contributed by atoms with van der Waals surface area (Å²) in [6, 6.07) is 0. The van der Waals surface area contributed by atoms with Crippen LogP contribution < -0.4 is 11.5 Å². The fourth-order valence-corrected chi connectivity index (χ4v) is 1.63. The summed E-state index contributed by atoms with van der Waals surface area (Å²) in [5, 5.41) is 0. The Morgan fingerprint density at radius 2 is 2.20 bits per heavy atom. The molecule has 0 aliphatic carbocycles. The van der Waals surface area contributed by atoms with Crippen molar-refractivity contribution in [3.63, 3.8) is 0 Å². The third-order valence-corrected chi connectivity index (χ3v) is 2.37. The number of carbonyl (C=O) groups excluding carboxylic acids is 2. The van der Waals surface area contributed by atoms with Gasteiger partial charge in [0, 0.05) is 13.1 Å². The first-order valence-corrected chi connectivity index (χ1v) is 5.01. The topological polar surface area (TPSA) is 98.7 Å². The fraction of sp³-hybridized carbons (Fsp3) is 0.778. The van der Waals surface area contributed by atoms with Crippen molar-refractivity contribution >= 4 is 11.8 Å². The number of nitrogens with two attached hydrogens (primary N) is 2. The highest BCUT2D eigenvalue weighted by Crippen LogP contribution is 2.12. The maximum absolute atomic E-state index is 11.3. The highest BCUT2D eigenvalue weighted by molar-refractivity contribution is 5.78. The first-order valence-electron chi connectivity index (χ1n) is 5.01. The SMILES string of the molecule is NCC(=O)N1CCCC(OCC(N)=O)C1. The van der Waals surface area contributed by atoms with E-state index in [2.05, 4.69) is 0 Å². The summed E-state index contributed by atoms with van der Waals surface area (Å²) in [6.45, 7) is 1.15. The second-order valence-corrected chi connectivity index (χ2v) is 3.59. The summed E-state index contributed by atoms with van der Waals surface area (Å²) in [5.74, 6) is -0.570. The van der Waals surface area contributed by atoms with E-state index in [1.165, 1.54) is 0 Å². The van der Waals surface area contributed by atoms with Crippen molar-refractivity contribution in [2.75, 3.05) is 26.2 Å². The fourth-order valence-electron chi connectivity index (χ4n) is 1.63. The van der Waals surface area contributed by atoms with E-state index in [1.54, 1.807) is 4.90 Å². The number of ether oxygens (including phenoxy) is 1. The van der Waals surface area contributed by atoms with Crippen LogP contribution in [0.1, 0.15) is 12.8 Å². The maximum atomic E-state index is 11.3. The summed E-state index contributed by atoms with van der Waals surface area (Å²) in [5.41, 5.74) is 10.2. The third kappa shape index (κ3) is 3.85. The van der Waals surface area contributed by atoms with E-state index in [4.69, 9.17) is 16.2 Å². The lowest BCUT2D eigenvalue weighted by molar-refractivity contribution is -0.135. The monoisotopic (exact) mass is 215 g/mol. The molecule has 0 aromatic heterocycles. The molecule has 1 aliphatic rings. The molecule has 4 N–H and O–H groups in total. The Hall–Kier alpha value is -1.14. The summed E-state index contributed by atoms with van der Waals surface area (Å²) < 4.78 is 5.26. The molecule has 0 saturated carbocycles. The van der Waals surface area contributed by atoms with Gasteiger partial charge in [-0.05, 0) is 12.8 Å². The van der Waals surface area contributed by atoms with Crippen LogP contribution in [-0.4, -0.2) is 49.1 Å². The van der Waals surface area contributed by atoms with Crippen molar-refractivity contribution in [2.24, 2.45) is 11.5 Å². The summed E-state index contributed by atoms with van der Waals surface area (Å²) in [6.07, 6.45) is 1.62. The van der Waals surface area contributed by atoms with Gasteiger partial charge in [-0.15, -0.1) is 0 Å². The number of primary amides is 1. The molecule has 6 heteroatoms. The summed E-state index contributed by atoms with van der Waals surface area (Å²) in [4.78, 5) is 23.5. The Morgan fingerprint density at radius 3 is 2.80 bits per heavy atom. The third-order valence-electron chi connectivity index (χ3n) is 2.37. The Labute approximate surface area is 88.5 Å². The molecule has 6 nitrogen and oxygen atoms in total. The Morgan fingerprint density at radius 1 is 1.47 bits per heavy atom. The number of piperidine rings is 1. The number of hydrogen-bond donors (Lipinski definition) is 2. The molecule has 15 heavy (non-hydrogen) atoms. The number of rotatable bonds is 4. The molecule has 1 atom stereocenters. The van der Waals surface area contributed by atoms with Crippen molar-refractivity contribution < 1.29 is 14.3 Å². The second-order valence-electron chi connectivity index (χ2n) is 3.59. The first kappa shape index (κ1) is 11.9. The second kappa shape index (κ2) is 5.67. The van der Waals surface area contributed by atoms with Gasteiger partial charge >= 0.3 is 0 Å². The normalized spacial score (nSPS) is 21.4. The van der Waals surface area contributed by atoms with Crippen LogP contribution in [0.2, 0.25) is 0 Å². The van der Waals surface area contributed by atoms with Crippen molar-refractivity contribution in [3.8, 4) is 0 Å². The van der Waals surface area contributed by atoms with Gasteiger partial charge in [0.2, 0.25) is 11.8 Å². The number of amides is 2. The maximum Gasteiger partial charge on any atom is 0.243 e. The summed E-state index contributed by atoms with van der Waals surface area (Å²) >= 11 is 0. The van der Waals surface area contributed by atoms with Gasteiger partial charge in [0.05, 0.1) is 12.6 Å². The summed E-state index contributed by atoms with van der Waals surface area (Å²) in [7, 11) is 0. The van der Waals surface area contributed by atoms with Crippen LogP contribution in [0.3, 0.4) is 0 Å². The van der Waals surface area contributed by atoms with Crippen molar-refractivity contribution in [3.05, 3.63) is 0 Å². The van der Waals surface area contributed by atoms with Gasteiger partial charge in [-0.1, -0.05) is 0 Å². The molecule has 1 aliphatic heterocycles. The van der Waals surface area contributed by atoms with E-state index >= 15 is 0 Å². The highest BCUT2D eigenvalue weighted by Gasteiger charge is 2.23. The molecule has 1 saturated heterocycles. The van der Waals surface area contributed by atoms with E-state index in [9.17, 15) is 9.59 Å². The minimum absolute atomic E-state index is 0.0164. The standard InChI is InChI=1S/C9H17N3O3/c10-4-9(14)12-3-1-2-7(5-12)15-6-8(11)13/h7H,1-6,10H2,(H2,11,13). The predicted octanol–water partition coefficient (Wildman–Crippen LogP) is -1.56. The van der Waals surface area contributed by atoms with E-state index in [-0.39, 0.29) is 25.2 Å². The van der Waals surface area contributed by atoms with E-state index in [0.29, 0.717) is 13.1 Å². The zero-order chi connectivity index (χ0) is 11.3. The predicted molar refractivity (Wildman–Crippen MR) is 53.8 cm³/mol. The Balaban J connectivity index is 2.35. The lowest BCUT2D eigenvalue weighted by Gasteiger charge is -2.32. The van der Waals surface area contributed by atoms with E-state index < -0.39 is 5.91 Å². The number of nitrogens with zero attached hydrogens (tertiary/aromatic N) is 1. The van der Waals surface area contributed by atoms with Gasteiger partial charge in [-0.3, -0.25) is 9.59 Å². The molecule has 1 heterocycles. The molecule has 0 aromatic rings. The van der Waals surface area contributed by atoms with Gasteiger partial charge in [0.25, 0.3) is 0 Å². The largest absolute Gasteiger partial charge is 0.368 e. The molecule has 0 bridgehead atoms. The Kier molecular flexibility index (Phi) is 4.51. The molecule has 1 fully saturated rings. The first-order chi connectivity index (χ1) is 7.13. The van der Waals surface area contributed by atoms with Crippen LogP contribution in [0.4, 0.5) is 0 Å². The average Bonchev–Trinajstić information content (AvgIpc) is 2.25. The minimum atomic E-state index is -0.489. The number of likely N-dealkylation sites (tertiary alicyclic amines) is 1. The lowest BCUT2D eigenvalue weighted by atomic mass is 10.1. The molecule has 2 amide bonds. The quantitative estimate of drug-likeness (QED) is 0.592.